The SMILES string of the molecule is O=C(Nc1ccccc1C(=O)O)c1ccc(Oc2ccc3cc(OC4CCC(NC(=O)c5ccc(OC(F)(F)F)cc5)CC4)ccc3c2)cc1. The molecule has 5 aromatic carbocycles. The van der Waals surface area contributed by atoms with E-state index in [0.717, 1.165) is 41.5 Å². The Labute approximate surface area is 284 Å². The van der Waals surface area contributed by atoms with E-state index < -0.39 is 18.2 Å². The summed E-state index contributed by atoms with van der Waals surface area (Å²) >= 11 is 0. The highest BCUT2D eigenvalue weighted by molar-refractivity contribution is 6.07. The number of nitrogens with one attached hydrogen (secondary N) is 2. The van der Waals surface area contributed by atoms with Crippen LogP contribution in [0.4, 0.5) is 18.9 Å². The van der Waals surface area contributed by atoms with E-state index in [9.17, 15) is 32.7 Å². The standard InChI is InChI=1S/C38H31F3N2O7/c39-38(40,41)50-30-15-7-23(8-16-30)35(44)42-27-11-19-29(20-12-27)49-32-18-10-25-21-31(17-9-26(25)22-32)48-28-13-5-24(6-14-28)36(45)43-34-4-2-1-3-33(34)37(46)47/h1-10,13-18,21-22,27,29H,11-12,19-20H2,(H,42,44)(H,43,45)(H,46,47). The van der Waals surface area contributed by atoms with Gasteiger partial charge < -0.3 is 30.0 Å². The molecule has 0 radical (unpaired) electrons. The highest BCUT2D eigenvalue weighted by Crippen LogP contribution is 2.31. The maximum atomic E-state index is 12.7. The number of carbonyl (C=O) groups excluding carboxylic acids is 2. The fourth-order valence-electron chi connectivity index (χ4n) is 5.72. The van der Waals surface area contributed by atoms with Gasteiger partial charge in [0.2, 0.25) is 0 Å². The number of aromatic carboxylic acids is 1. The Hall–Kier alpha value is -6.04. The molecule has 0 heterocycles. The van der Waals surface area contributed by atoms with E-state index in [4.69, 9.17) is 9.47 Å². The molecule has 0 bridgehead atoms. The van der Waals surface area contributed by atoms with Crippen molar-refractivity contribution in [2.24, 2.45) is 0 Å². The van der Waals surface area contributed by atoms with Gasteiger partial charge in [-0.25, -0.2) is 4.79 Å². The van der Waals surface area contributed by atoms with Crippen LogP contribution in [0.25, 0.3) is 10.8 Å². The molecule has 0 atom stereocenters. The maximum absolute atomic E-state index is 12.7. The third-order valence-electron chi connectivity index (χ3n) is 8.20. The van der Waals surface area contributed by atoms with E-state index >= 15 is 0 Å². The van der Waals surface area contributed by atoms with Crippen LogP contribution in [-0.4, -0.2) is 41.4 Å². The van der Waals surface area contributed by atoms with E-state index in [1.165, 1.54) is 24.3 Å². The minimum Gasteiger partial charge on any atom is -0.490 e. The second-order valence-corrected chi connectivity index (χ2v) is 11.7. The molecular weight excluding hydrogens is 653 g/mol. The van der Waals surface area contributed by atoms with Gasteiger partial charge in [0.05, 0.1) is 17.4 Å². The molecule has 2 amide bonds. The van der Waals surface area contributed by atoms with Crippen molar-refractivity contribution in [1.29, 1.82) is 0 Å². The van der Waals surface area contributed by atoms with Crippen LogP contribution in [-0.2, 0) is 0 Å². The number of fused-ring (bicyclic) bond motifs is 1. The van der Waals surface area contributed by atoms with Crippen LogP contribution in [0.5, 0.6) is 23.0 Å². The summed E-state index contributed by atoms with van der Waals surface area (Å²) in [5.41, 5.74) is 0.800. The first-order valence-electron chi connectivity index (χ1n) is 15.8. The first-order valence-corrected chi connectivity index (χ1v) is 15.8. The number of rotatable bonds is 10. The molecule has 1 aliphatic carbocycles. The number of para-hydroxylation sites is 1. The number of amides is 2. The molecule has 0 aromatic heterocycles. The van der Waals surface area contributed by atoms with Gasteiger partial charge in [-0.05, 0) is 121 Å². The highest BCUT2D eigenvalue weighted by atomic mass is 19.4. The third kappa shape index (κ3) is 8.70. The van der Waals surface area contributed by atoms with Gasteiger partial charge in [0.15, 0.2) is 0 Å². The van der Waals surface area contributed by atoms with Crippen molar-refractivity contribution in [2.75, 3.05) is 5.32 Å². The van der Waals surface area contributed by atoms with Gasteiger partial charge >= 0.3 is 12.3 Å². The molecule has 1 aliphatic rings. The fraction of sp³-hybridized carbons (Fsp3) is 0.184. The lowest BCUT2D eigenvalue weighted by molar-refractivity contribution is -0.274. The predicted molar refractivity (Wildman–Crippen MR) is 179 cm³/mol. The van der Waals surface area contributed by atoms with Crippen molar-refractivity contribution in [3.05, 3.63) is 126 Å². The van der Waals surface area contributed by atoms with Gasteiger partial charge in [-0.15, -0.1) is 13.2 Å². The Balaban J connectivity index is 0.986. The summed E-state index contributed by atoms with van der Waals surface area (Å²) in [7, 11) is 0. The van der Waals surface area contributed by atoms with Crippen LogP contribution in [0.2, 0.25) is 0 Å². The monoisotopic (exact) mass is 684 g/mol. The van der Waals surface area contributed by atoms with E-state index in [1.54, 1.807) is 36.4 Å². The van der Waals surface area contributed by atoms with Crippen LogP contribution >= 0.6 is 0 Å². The molecular formula is C38H31F3N2O7. The van der Waals surface area contributed by atoms with E-state index in [1.807, 2.05) is 36.4 Å². The Kier molecular flexibility index (Phi) is 9.89. The van der Waals surface area contributed by atoms with Crippen molar-refractivity contribution >= 4 is 34.2 Å². The minimum atomic E-state index is -4.79. The van der Waals surface area contributed by atoms with Gasteiger partial charge in [0.25, 0.3) is 11.8 Å². The van der Waals surface area contributed by atoms with Crippen LogP contribution in [0, 0.1) is 0 Å². The number of hydrogen-bond donors (Lipinski definition) is 3. The molecule has 0 unspecified atom stereocenters. The normalized spacial score (nSPS) is 15.9. The number of halogens is 3. The summed E-state index contributed by atoms with van der Waals surface area (Å²) in [5, 5.41) is 16.8. The summed E-state index contributed by atoms with van der Waals surface area (Å²) in [4.78, 5) is 36.7. The van der Waals surface area contributed by atoms with Crippen LogP contribution in [0.1, 0.15) is 56.8 Å². The number of carboxylic acid groups (broad SMARTS) is 1. The Morgan fingerprint density at radius 2 is 1.22 bits per heavy atom. The van der Waals surface area contributed by atoms with Crippen molar-refractivity contribution in [2.45, 2.75) is 44.2 Å². The first-order chi connectivity index (χ1) is 24.0. The van der Waals surface area contributed by atoms with E-state index in [0.29, 0.717) is 29.9 Å². The molecule has 0 saturated heterocycles. The smallest absolute Gasteiger partial charge is 0.490 e. The molecule has 3 N–H and O–H groups in total. The van der Waals surface area contributed by atoms with Crippen molar-refractivity contribution < 1.29 is 46.9 Å². The zero-order valence-electron chi connectivity index (χ0n) is 26.4. The number of ether oxygens (including phenoxy) is 3. The van der Waals surface area contributed by atoms with Gasteiger partial charge in [-0.3, -0.25) is 9.59 Å². The first kappa shape index (κ1) is 33.8. The molecule has 5 aromatic rings. The zero-order chi connectivity index (χ0) is 35.3. The van der Waals surface area contributed by atoms with E-state index in [-0.39, 0.29) is 40.6 Å². The summed E-state index contributed by atoms with van der Waals surface area (Å²) in [6.45, 7) is 0. The minimum absolute atomic E-state index is 0.00152. The highest BCUT2D eigenvalue weighted by Gasteiger charge is 2.31. The molecule has 1 fully saturated rings. The number of alkyl halides is 3. The predicted octanol–water partition coefficient (Wildman–Crippen LogP) is 8.60. The summed E-state index contributed by atoms with van der Waals surface area (Å²) < 4.78 is 53.3. The topological polar surface area (TPSA) is 123 Å². The van der Waals surface area contributed by atoms with E-state index in [2.05, 4.69) is 15.4 Å². The molecule has 50 heavy (non-hydrogen) atoms. The van der Waals surface area contributed by atoms with Gasteiger partial charge in [0.1, 0.15) is 23.0 Å². The second kappa shape index (κ2) is 14.6. The van der Waals surface area contributed by atoms with Gasteiger partial charge in [-0.2, -0.15) is 0 Å². The summed E-state index contributed by atoms with van der Waals surface area (Å²) in [5.74, 6) is -0.475. The third-order valence-corrected chi connectivity index (χ3v) is 8.20. The molecule has 0 aliphatic heterocycles. The molecule has 9 nitrogen and oxygen atoms in total. The lowest BCUT2D eigenvalue weighted by Crippen LogP contribution is -2.39. The molecule has 256 valence electrons. The Bertz CT molecular complexity index is 2010. The number of benzene rings is 5. The lowest BCUT2D eigenvalue weighted by Gasteiger charge is -2.29. The zero-order valence-corrected chi connectivity index (χ0v) is 26.4. The van der Waals surface area contributed by atoms with Crippen molar-refractivity contribution in [3.63, 3.8) is 0 Å². The van der Waals surface area contributed by atoms with Crippen LogP contribution < -0.4 is 24.8 Å². The Morgan fingerprint density at radius 3 is 1.86 bits per heavy atom. The van der Waals surface area contributed by atoms with Gasteiger partial charge in [-0.1, -0.05) is 24.3 Å². The second-order valence-electron chi connectivity index (χ2n) is 11.7. The number of hydrogen-bond acceptors (Lipinski definition) is 6. The number of carboxylic acids is 1. The quantitative estimate of drug-likeness (QED) is 0.135. The molecule has 0 spiro atoms. The molecule has 1 saturated carbocycles. The number of carbonyl (C=O) groups is 3. The van der Waals surface area contributed by atoms with Crippen LogP contribution in [0.3, 0.4) is 0 Å². The average molecular weight is 685 g/mol. The van der Waals surface area contributed by atoms with Crippen molar-refractivity contribution in [3.8, 4) is 23.0 Å². The largest absolute Gasteiger partial charge is 0.573 e. The van der Waals surface area contributed by atoms with Crippen molar-refractivity contribution in [1.82, 2.24) is 5.32 Å². The fourth-order valence-corrected chi connectivity index (χ4v) is 5.72. The molecule has 6 rings (SSSR count). The maximum Gasteiger partial charge on any atom is 0.573 e. The van der Waals surface area contributed by atoms with Gasteiger partial charge in [0, 0.05) is 17.2 Å². The summed E-state index contributed by atoms with van der Waals surface area (Å²) in [6, 6.07) is 28.9. The summed E-state index contributed by atoms with van der Waals surface area (Å²) in [6.07, 6.45) is -1.97. The van der Waals surface area contributed by atoms with Crippen LogP contribution in [0.15, 0.2) is 109 Å². The lowest BCUT2D eigenvalue weighted by atomic mass is 9.92. The molecule has 12 heteroatoms. The number of anilines is 1. The average Bonchev–Trinajstić information content (AvgIpc) is 3.09. The Morgan fingerprint density at radius 1 is 0.660 bits per heavy atom.